The van der Waals surface area contributed by atoms with Gasteiger partial charge in [-0.1, -0.05) is 0 Å². The summed E-state index contributed by atoms with van der Waals surface area (Å²) in [5, 5.41) is 0. The number of rotatable bonds is 2. The Hall–Kier alpha value is -1.04. The van der Waals surface area contributed by atoms with Crippen molar-refractivity contribution in [1.82, 2.24) is 0 Å². The Labute approximate surface area is 60.8 Å². The molecule has 10 heavy (non-hydrogen) atoms. The molecule has 0 unspecified atom stereocenters. The van der Waals surface area contributed by atoms with Crippen LogP contribution in [0.5, 0.6) is 0 Å². The van der Waals surface area contributed by atoms with Crippen molar-refractivity contribution in [2.45, 2.75) is 13.8 Å². The van der Waals surface area contributed by atoms with E-state index in [9.17, 15) is 4.79 Å². The van der Waals surface area contributed by atoms with E-state index in [0.29, 0.717) is 0 Å². The van der Waals surface area contributed by atoms with E-state index >= 15 is 0 Å². The number of methoxy groups -OCH3 is 1. The zero-order valence-electron chi connectivity index (χ0n) is 6.47. The molecule has 0 aromatic carbocycles. The maximum Gasteiger partial charge on any atom is 0.318 e. The topological polar surface area (TPSA) is 30.7 Å². The van der Waals surface area contributed by atoms with Crippen LogP contribution in [-0.2, 0) is 9.53 Å². The molecule has 0 spiro atoms. The monoisotopic (exact) mass is 141 g/mol. The maximum atomic E-state index is 10.9. The van der Waals surface area contributed by atoms with E-state index in [2.05, 4.69) is 9.58 Å². The van der Waals surface area contributed by atoms with Gasteiger partial charge in [0.1, 0.15) is 5.41 Å². The van der Waals surface area contributed by atoms with Gasteiger partial charge in [0, 0.05) is 0 Å². The highest BCUT2D eigenvalue weighted by atomic mass is 16.5. The molecular formula is C7H11NO2. The van der Waals surface area contributed by atoms with E-state index in [-0.39, 0.29) is 12.5 Å². The van der Waals surface area contributed by atoms with E-state index in [4.69, 9.17) is 6.57 Å². The zero-order chi connectivity index (χ0) is 8.20. The summed E-state index contributed by atoms with van der Waals surface area (Å²) in [4.78, 5) is 14.0. The molecule has 0 rings (SSSR count). The van der Waals surface area contributed by atoms with Crippen molar-refractivity contribution < 1.29 is 9.53 Å². The molecule has 0 bridgehead atoms. The van der Waals surface area contributed by atoms with Crippen LogP contribution >= 0.6 is 0 Å². The van der Waals surface area contributed by atoms with E-state index in [0.717, 1.165) is 0 Å². The molecule has 0 N–H and O–H groups in total. The minimum Gasteiger partial charge on any atom is -0.468 e. The average Bonchev–Trinajstić information content (AvgIpc) is 1.86. The van der Waals surface area contributed by atoms with Crippen LogP contribution in [0.25, 0.3) is 4.85 Å². The van der Waals surface area contributed by atoms with Crippen molar-refractivity contribution in [1.29, 1.82) is 0 Å². The number of hydrogen-bond acceptors (Lipinski definition) is 2. The van der Waals surface area contributed by atoms with Gasteiger partial charge in [0.2, 0.25) is 6.54 Å². The van der Waals surface area contributed by atoms with Gasteiger partial charge in [-0.3, -0.25) is 4.79 Å². The summed E-state index contributed by atoms with van der Waals surface area (Å²) in [5.74, 6) is -0.330. The fourth-order valence-electron chi connectivity index (χ4n) is 0.538. The third-order valence-electron chi connectivity index (χ3n) is 1.21. The van der Waals surface area contributed by atoms with Crippen LogP contribution in [-0.4, -0.2) is 19.6 Å². The molecule has 0 saturated carbocycles. The molecule has 0 atom stereocenters. The van der Waals surface area contributed by atoms with Crippen molar-refractivity contribution in [3.05, 3.63) is 11.4 Å². The van der Waals surface area contributed by atoms with Crippen LogP contribution in [0.3, 0.4) is 0 Å². The Morgan fingerprint density at radius 2 is 2.20 bits per heavy atom. The first kappa shape index (κ1) is 8.96. The highest BCUT2D eigenvalue weighted by molar-refractivity contribution is 5.76. The summed E-state index contributed by atoms with van der Waals surface area (Å²) in [5.41, 5.74) is -0.656. The van der Waals surface area contributed by atoms with Crippen LogP contribution in [0.4, 0.5) is 0 Å². The lowest BCUT2D eigenvalue weighted by molar-refractivity contribution is -0.149. The molecule has 0 aliphatic rings. The van der Waals surface area contributed by atoms with Crippen molar-refractivity contribution in [3.8, 4) is 0 Å². The molecule has 0 aromatic rings. The summed E-state index contributed by atoms with van der Waals surface area (Å²) < 4.78 is 4.49. The first-order valence-electron chi connectivity index (χ1n) is 2.96. The summed E-state index contributed by atoms with van der Waals surface area (Å²) in [6.45, 7) is 10.1. The second-order valence-electron chi connectivity index (χ2n) is 2.69. The summed E-state index contributed by atoms with van der Waals surface area (Å²) in [7, 11) is 1.33. The van der Waals surface area contributed by atoms with Gasteiger partial charge in [0.25, 0.3) is 0 Å². The van der Waals surface area contributed by atoms with Gasteiger partial charge < -0.3 is 9.58 Å². The second-order valence-corrected chi connectivity index (χ2v) is 2.69. The number of carbonyl (C=O) groups excluding carboxylic acids is 1. The fraction of sp³-hybridized carbons (Fsp3) is 0.714. The molecule has 0 radical (unpaired) electrons. The van der Waals surface area contributed by atoms with Gasteiger partial charge in [0.15, 0.2) is 0 Å². The lowest BCUT2D eigenvalue weighted by Gasteiger charge is -2.13. The molecule has 3 nitrogen and oxygen atoms in total. The van der Waals surface area contributed by atoms with E-state index in [1.165, 1.54) is 7.11 Å². The van der Waals surface area contributed by atoms with Crippen LogP contribution in [0.1, 0.15) is 13.8 Å². The SMILES string of the molecule is [C-]#[N+]CC(C)(C)C(=O)OC. The summed E-state index contributed by atoms with van der Waals surface area (Å²) in [6.07, 6.45) is 0. The molecule has 0 aliphatic heterocycles. The van der Waals surface area contributed by atoms with Crippen LogP contribution in [0.2, 0.25) is 0 Å². The number of carbonyl (C=O) groups is 1. The largest absolute Gasteiger partial charge is 0.468 e. The Kier molecular flexibility index (Phi) is 2.88. The predicted octanol–water partition coefficient (Wildman–Crippen LogP) is 1.10. The van der Waals surface area contributed by atoms with E-state index < -0.39 is 5.41 Å². The molecule has 0 fully saturated rings. The first-order chi connectivity index (χ1) is 4.54. The number of esters is 1. The Morgan fingerprint density at radius 3 is 2.50 bits per heavy atom. The molecular weight excluding hydrogens is 130 g/mol. The van der Waals surface area contributed by atoms with Crippen molar-refractivity contribution in [2.75, 3.05) is 13.7 Å². The zero-order valence-corrected chi connectivity index (χ0v) is 6.47. The summed E-state index contributed by atoms with van der Waals surface area (Å²) >= 11 is 0. The second kappa shape index (κ2) is 3.21. The number of hydrogen-bond donors (Lipinski definition) is 0. The summed E-state index contributed by atoms with van der Waals surface area (Å²) in [6, 6.07) is 0. The van der Waals surface area contributed by atoms with Crippen molar-refractivity contribution >= 4 is 5.97 Å². The van der Waals surface area contributed by atoms with Gasteiger partial charge in [0.05, 0.1) is 7.11 Å². The average molecular weight is 141 g/mol. The van der Waals surface area contributed by atoms with Crippen LogP contribution in [0, 0.1) is 12.0 Å². The maximum absolute atomic E-state index is 10.9. The minimum atomic E-state index is -0.656. The number of ether oxygens (including phenoxy) is 1. The van der Waals surface area contributed by atoms with Gasteiger partial charge in [-0.25, -0.2) is 6.57 Å². The molecule has 0 saturated heterocycles. The lowest BCUT2D eigenvalue weighted by atomic mass is 9.94. The molecule has 56 valence electrons. The smallest absolute Gasteiger partial charge is 0.318 e. The third kappa shape index (κ3) is 2.06. The first-order valence-corrected chi connectivity index (χ1v) is 2.96. The van der Waals surface area contributed by atoms with Crippen LogP contribution in [0.15, 0.2) is 0 Å². The van der Waals surface area contributed by atoms with Crippen LogP contribution < -0.4 is 0 Å². The number of nitrogens with zero attached hydrogens (tertiary/aromatic N) is 1. The van der Waals surface area contributed by atoms with Gasteiger partial charge in [-0.15, -0.1) is 0 Å². The van der Waals surface area contributed by atoms with Gasteiger partial charge >= 0.3 is 5.97 Å². The van der Waals surface area contributed by atoms with Gasteiger partial charge in [-0.2, -0.15) is 0 Å². The molecule has 3 heteroatoms. The Bertz CT molecular complexity index is 167. The third-order valence-corrected chi connectivity index (χ3v) is 1.21. The van der Waals surface area contributed by atoms with Crippen molar-refractivity contribution in [3.63, 3.8) is 0 Å². The minimum absolute atomic E-state index is 0.180. The molecule has 0 heterocycles. The fourth-order valence-corrected chi connectivity index (χ4v) is 0.538. The Balaban J connectivity index is 4.13. The van der Waals surface area contributed by atoms with Crippen molar-refractivity contribution in [2.24, 2.45) is 5.41 Å². The lowest BCUT2D eigenvalue weighted by Crippen LogP contribution is -2.27. The van der Waals surface area contributed by atoms with Gasteiger partial charge in [-0.05, 0) is 13.8 Å². The Morgan fingerprint density at radius 1 is 1.70 bits per heavy atom. The standard InChI is InChI=1S/C7H11NO2/c1-7(2,5-8-3)6(9)10-4/h5H2,1-2,4H3. The molecule has 0 aromatic heterocycles. The predicted molar refractivity (Wildman–Crippen MR) is 37.3 cm³/mol. The molecule has 0 aliphatic carbocycles. The normalized spacial score (nSPS) is 10.2. The highest BCUT2D eigenvalue weighted by Gasteiger charge is 2.31. The van der Waals surface area contributed by atoms with E-state index in [1.807, 2.05) is 0 Å². The molecule has 0 amide bonds. The quantitative estimate of drug-likeness (QED) is 0.426. The highest BCUT2D eigenvalue weighted by Crippen LogP contribution is 2.16. The van der Waals surface area contributed by atoms with E-state index in [1.54, 1.807) is 13.8 Å².